The van der Waals surface area contributed by atoms with Crippen molar-refractivity contribution in [2.75, 3.05) is 13.1 Å². The first kappa shape index (κ1) is 25.6. The van der Waals surface area contributed by atoms with Gasteiger partial charge in [0.2, 0.25) is 5.91 Å². The van der Waals surface area contributed by atoms with E-state index in [1.165, 1.54) is 0 Å². The van der Waals surface area contributed by atoms with E-state index >= 15 is 0 Å². The summed E-state index contributed by atoms with van der Waals surface area (Å²) in [6, 6.07) is 10.9. The van der Waals surface area contributed by atoms with Crippen LogP contribution in [0, 0.1) is 23.2 Å². The van der Waals surface area contributed by atoms with E-state index in [4.69, 9.17) is 0 Å². The average molecular weight is 439 g/mol. The van der Waals surface area contributed by atoms with Gasteiger partial charge in [-0.05, 0) is 43.1 Å². The topological polar surface area (TPSA) is 114 Å². The quantitative estimate of drug-likeness (QED) is 0.295. The zero-order valence-electron chi connectivity index (χ0n) is 19.0. The highest BCUT2D eigenvalue weighted by molar-refractivity contribution is 6.41. The molecule has 1 aliphatic rings. The predicted octanol–water partition coefficient (Wildman–Crippen LogP) is 2.83. The summed E-state index contributed by atoms with van der Waals surface area (Å²) in [5, 5.41) is 30.9. The van der Waals surface area contributed by atoms with Crippen molar-refractivity contribution in [3.8, 4) is 6.07 Å². The first-order valence-electron chi connectivity index (χ1n) is 11.4. The van der Waals surface area contributed by atoms with Gasteiger partial charge in [0.05, 0.1) is 6.04 Å². The number of hydrogen-bond donors (Lipinski definition) is 3. The lowest BCUT2D eigenvalue weighted by Gasteiger charge is -2.32. The maximum Gasteiger partial charge on any atom is 0.453 e. The van der Waals surface area contributed by atoms with Crippen molar-refractivity contribution in [2.24, 2.45) is 11.8 Å². The van der Waals surface area contributed by atoms with Gasteiger partial charge in [0.15, 0.2) is 0 Å². The van der Waals surface area contributed by atoms with Crippen LogP contribution in [-0.4, -0.2) is 47.0 Å². The molecule has 1 fully saturated rings. The number of likely N-dealkylation sites (tertiary alicyclic amines) is 1. The number of amides is 2. The van der Waals surface area contributed by atoms with Crippen molar-refractivity contribution >= 4 is 18.9 Å². The number of hydrogen-bond acceptors (Lipinski definition) is 5. The summed E-state index contributed by atoms with van der Waals surface area (Å²) in [5.41, 5.74) is 1.06. The van der Waals surface area contributed by atoms with E-state index < -0.39 is 13.2 Å². The summed E-state index contributed by atoms with van der Waals surface area (Å²) in [5.74, 6) is 0.316. The third-order valence-electron chi connectivity index (χ3n) is 5.75. The van der Waals surface area contributed by atoms with Gasteiger partial charge in [-0.25, -0.2) is 0 Å². The van der Waals surface area contributed by atoms with Crippen LogP contribution in [0.15, 0.2) is 42.0 Å². The summed E-state index contributed by atoms with van der Waals surface area (Å²) in [6.45, 7) is 5.16. The molecule has 1 aliphatic heterocycles. The third kappa shape index (κ3) is 8.48. The van der Waals surface area contributed by atoms with Gasteiger partial charge >= 0.3 is 7.12 Å². The van der Waals surface area contributed by atoms with Gasteiger partial charge in [-0.2, -0.15) is 5.26 Å². The van der Waals surface area contributed by atoms with Crippen LogP contribution >= 0.6 is 0 Å². The normalized spacial score (nSPS) is 15.9. The molecule has 2 amide bonds. The van der Waals surface area contributed by atoms with Gasteiger partial charge in [-0.15, -0.1) is 0 Å². The van der Waals surface area contributed by atoms with Gasteiger partial charge in [-0.1, -0.05) is 50.3 Å². The molecule has 1 heterocycles. The molecule has 8 heteroatoms. The molecular formula is C24H34BN3O4. The fourth-order valence-corrected chi connectivity index (χ4v) is 4.08. The second-order valence-electron chi connectivity index (χ2n) is 8.81. The van der Waals surface area contributed by atoms with Crippen LogP contribution in [0.25, 0.3) is 0 Å². The van der Waals surface area contributed by atoms with E-state index in [2.05, 4.69) is 5.32 Å². The van der Waals surface area contributed by atoms with E-state index in [1.54, 1.807) is 11.0 Å². The van der Waals surface area contributed by atoms with Gasteiger partial charge in [-0.3, -0.25) is 9.59 Å². The Morgan fingerprint density at radius 2 is 1.91 bits per heavy atom. The first-order valence-corrected chi connectivity index (χ1v) is 11.4. The Kier molecular flexibility index (Phi) is 10.4. The number of carbonyl (C=O) groups excluding carboxylic acids is 2. The minimum atomic E-state index is -1.50. The molecule has 1 atom stereocenters. The van der Waals surface area contributed by atoms with E-state index in [-0.39, 0.29) is 29.6 Å². The van der Waals surface area contributed by atoms with Crippen LogP contribution in [0.3, 0.4) is 0 Å². The number of benzene rings is 1. The molecule has 0 bridgehead atoms. The molecular weight excluding hydrogens is 405 g/mol. The summed E-state index contributed by atoms with van der Waals surface area (Å²) in [4.78, 5) is 26.7. The van der Waals surface area contributed by atoms with E-state index in [9.17, 15) is 24.9 Å². The maximum absolute atomic E-state index is 12.5. The Morgan fingerprint density at radius 1 is 1.25 bits per heavy atom. The average Bonchev–Trinajstić information content (AvgIpc) is 2.77. The molecule has 0 radical (unpaired) electrons. The number of nitrogens with zero attached hydrogens (tertiary/aromatic N) is 2. The van der Waals surface area contributed by atoms with E-state index in [0.717, 1.165) is 31.2 Å². The number of nitrogens with one attached hydrogen (secondary N) is 1. The lowest BCUT2D eigenvalue weighted by Crippen LogP contribution is -2.39. The molecule has 3 N–H and O–H groups in total. The fraction of sp³-hybridized carbons (Fsp3) is 0.542. The van der Waals surface area contributed by atoms with Gasteiger partial charge < -0.3 is 20.3 Å². The van der Waals surface area contributed by atoms with Gasteiger partial charge in [0.25, 0.3) is 5.91 Å². The molecule has 172 valence electrons. The highest BCUT2D eigenvalue weighted by Crippen LogP contribution is 2.24. The summed E-state index contributed by atoms with van der Waals surface area (Å²) >= 11 is 0. The lowest BCUT2D eigenvalue weighted by atomic mass is 9.79. The number of carbonyl (C=O) groups is 2. The van der Waals surface area contributed by atoms with Crippen molar-refractivity contribution in [3.05, 3.63) is 47.5 Å². The minimum Gasteiger partial charge on any atom is -0.427 e. The number of nitriles is 1. The molecule has 0 aliphatic carbocycles. The first-order chi connectivity index (χ1) is 15.3. The monoisotopic (exact) mass is 439 g/mol. The molecule has 0 aromatic heterocycles. The predicted molar refractivity (Wildman–Crippen MR) is 124 cm³/mol. The molecule has 0 saturated carbocycles. The Hall–Kier alpha value is -2.63. The van der Waals surface area contributed by atoms with Crippen molar-refractivity contribution in [2.45, 2.75) is 58.3 Å². The van der Waals surface area contributed by atoms with E-state index in [1.807, 2.05) is 50.2 Å². The number of rotatable bonds is 10. The summed E-state index contributed by atoms with van der Waals surface area (Å²) in [7, 11) is -1.50. The molecule has 2 rings (SSSR count). The molecule has 1 aromatic carbocycles. The Labute approximate surface area is 191 Å². The second-order valence-corrected chi connectivity index (χ2v) is 8.81. The lowest BCUT2D eigenvalue weighted by molar-refractivity contribution is -0.128. The Bertz CT molecular complexity index is 812. The molecule has 7 nitrogen and oxygen atoms in total. The van der Waals surface area contributed by atoms with Gasteiger partial charge in [0.1, 0.15) is 11.6 Å². The molecule has 1 saturated heterocycles. The van der Waals surface area contributed by atoms with Crippen molar-refractivity contribution in [3.63, 3.8) is 0 Å². The zero-order valence-corrected chi connectivity index (χ0v) is 19.0. The van der Waals surface area contributed by atoms with Crippen molar-refractivity contribution in [1.29, 1.82) is 5.26 Å². The minimum absolute atomic E-state index is 0.0399. The highest BCUT2D eigenvalue weighted by atomic mass is 16.4. The Morgan fingerprint density at radius 3 is 2.47 bits per heavy atom. The standard InChI is InChI=1S/C24H34BN3O4/c1-18(2)15-21(17-26)24(30)28-13-11-19(12-14-28)7-6-10-23(29)27-22(16-25(31)32)20-8-4-3-5-9-20/h3-5,8-9,15,18-19,22,31-32H,6-7,10-14,16H2,1-2H3,(H,27,29)/t22-/m0/s1. The number of allylic oxidation sites excluding steroid dienone is 1. The molecule has 0 spiro atoms. The number of piperidine rings is 1. The molecule has 32 heavy (non-hydrogen) atoms. The SMILES string of the molecule is CC(C)C=C(C#N)C(=O)N1CCC(CCCC(=O)N[C@@H](CB(O)O)c2ccccc2)CC1. The third-order valence-corrected chi connectivity index (χ3v) is 5.75. The fourth-order valence-electron chi connectivity index (χ4n) is 4.08. The van der Waals surface area contributed by atoms with Crippen LogP contribution in [-0.2, 0) is 9.59 Å². The highest BCUT2D eigenvalue weighted by Gasteiger charge is 2.25. The van der Waals surface area contributed by atoms with Crippen LogP contribution in [0.5, 0.6) is 0 Å². The van der Waals surface area contributed by atoms with Crippen molar-refractivity contribution in [1.82, 2.24) is 10.2 Å². The summed E-state index contributed by atoms with van der Waals surface area (Å²) < 4.78 is 0. The largest absolute Gasteiger partial charge is 0.453 e. The summed E-state index contributed by atoms with van der Waals surface area (Å²) in [6.07, 6.45) is 5.52. The zero-order chi connectivity index (χ0) is 23.5. The maximum atomic E-state index is 12.5. The van der Waals surface area contributed by atoms with Crippen LogP contribution in [0.2, 0.25) is 6.32 Å². The second kappa shape index (κ2) is 13.0. The smallest absolute Gasteiger partial charge is 0.427 e. The van der Waals surface area contributed by atoms with Crippen molar-refractivity contribution < 1.29 is 19.6 Å². The van der Waals surface area contributed by atoms with Crippen LogP contribution in [0.4, 0.5) is 0 Å². The molecule has 0 unspecified atom stereocenters. The Balaban J connectivity index is 1.75. The van der Waals surface area contributed by atoms with Crippen LogP contribution in [0.1, 0.15) is 57.6 Å². The van der Waals surface area contributed by atoms with Crippen LogP contribution < -0.4 is 5.32 Å². The van der Waals surface area contributed by atoms with Gasteiger partial charge in [0, 0.05) is 25.8 Å². The molecule has 1 aromatic rings. The van der Waals surface area contributed by atoms with E-state index in [0.29, 0.717) is 25.4 Å².